The Morgan fingerprint density at radius 1 is 1.47 bits per heavy atom. The molecule has 15 heavy (non-hydrogen) atoms. The first kappa shape index (κ1) is 9.50. The lowest BCUT2D eigenvalue weighted by Gasteiger charge is -1.99. The molecule has 0 atom stereocenters. The predicted molar refractivity (Wildman–Crippen MR) is 56.2 cm³/mol. The van der Waals surface area contributed by atoms with Crippen molar-refractivity contribution in [2.24, 2.45) is 0 Å². The number of nitrogens with two attached hydrogens (primary N) is 1. The van der Waals surface area contributed by atoms with E-state index in [-0.39, 0.29) is 0 Å². The van der Waals surface area contributed by atoms with Gasteiger partial charge in [0.15, 0.2) is 0 Å². The number of nitrogens with one attached hydrogen (secondary N) is 3. The van der Waals surface area contributed by atoms with Gasteiger partial charge in [-0.3, -0.25) is 0 Å². The molecule has 0 saturated heterocycles. The Morgan fingerprint density at radius 3 is 3.07 bits per heavy atom. The maximum absolute atomic E-state index is 5.38. The summed E-state index contributed by atoms with van der Waals surface area (Å²) in [5, 5.41) is 9.47. The molecule has 0 radical (unpaired) electrons. The molecular weight excluding hydrogens is 194 g/mol. The smallest absolute Gasteiger partial charge is 0.243 e. The van der Waals surface area contributed by atoms with E-state index in [1.807, 2.05) is 6.20 Å². The lowest BCUT2D eigenvalue weighted by Crippen LogP contribution is -2.05. The summed E-state index contributed by atoms with van der Waals surface area (Å²) in [7, 11) is 0. The maximum Gasteiger partial charge on any atom is 0.243 e. The van der Waals surface area contributed by atoms with E-state index in [0.29, 0.717) is 11.9 Å². The fourth-order valence-corrected chi connectivity index (χ4v) is 1.24. The van der Waals surface area contributed by atoms with E-state index in [1.54, 1.807) is 6.20 Å². The SMILES string of the molecule is Nc1nc(NCCCc2ncc[nH]2)n[nH]1. The standard InChI is InChI=1S/C8H13N7/c9-7-13-8(15-14-7)12-3-1-2-6-10-4-5-11-6/h4-5H,1-3H2,(H,10,11)(H4,9,12,13,14,15). The van der Waals surface area contributed by atoms with E-state index in [2.05, 4.69) is 30.5 Å². The molecule has 0 fully saturated rings. The van der Waals surface area contributed by atoms with Gasteiger partial charge >= 0.3 is 0 Å². The first-order chi connectivity index (χ1) is 7.34. The topological polar surface area (TPSA) is 108 Å². The minimum absolute atomic E-state index is 0.323. The van der Waals surface area contributed by atoms with E-state index in [0.717, 1.165) is 25.2 Å². The first-order valence-electron chi connectivity index (χ1n) is 4.74. The fourth-order valence-electron chi connectivity index (χ4n) is 1.24. The Morgan fingerprint density at radius 2 is 2.40 bits per heavy atom. The predicted octanol–water partition coefficient (Wildman–Crippen LogP) is 0.155. The zero-order chi connectivity index (χ0) is 10.5. The Balaban J connectivity index is 1.67. The van der Waals surface area contributed by atoms with Crippen molar-refractivity contribution >= 4 is 11.9 Å². The molecule has 80 valence electrons. The van der Waals surface area contributed by atoms with Gasteiger partial charge in [-0.2, -0.15) is 4.98 Å². The summed E-state index contributed by atoms with van der Waals surface area (Å²) in [5.41, 5.74) is 5.38. The summed E-state index contributed by atoms with van der Waals surface area (Å²) in [4.78, 5) is 11.1. The number of aromatic amines is 2. The molecule has 2 heterocycles. The summed E-state index contributed by atoms with van der Waals surface area (Å²) in [6, 6.07) is 0. The van der Waals surface area contributed by atoms with Gasteiger partial charge in [-0.15, -0.1) is 5.10 Å². The molecule has 7 heteroatoms. The van der Waals surface area contributed by atoms with E-state index in [4.69, 9.17) is 5.73 Å². The highest BCUT2D eigenvalue weighted by molar-refractivity contribution is 5.29. The van der Waals surface area contributed by atoms with Crippen LogP contribution in [0.4, 0.5) is 11.9 Å². The van der Waals surface area contributed by atoms with Crippen LogP contribution < -0.4 is 11.1 Å². The van der Waals surface area contributed by atoms with Crippen molar-refractivity contribution < 1.29 is 0 Å². The number of aryl methyl sites for hydroxylation is 1. The number of hydrogen-bond donors (Lipinski definition) is 4. The number of aromatic nitrogens is 5. The molecule has 2 aromatic heterocycles. The average molecular weight is 207 g/mol. The molecular formula is C8H13N7. The van der Waals surface area contributed by atoms with Crippen molar-refractivity contribution in [1.82, 2.24) is 25.1 Å². The van der Waals surface area contributed by atoms with Crippen molar-refractivity contribution in [2.75, 3.05) is 17.6 Å². The minimum atomic E-state index is 0.323. The van der Waals surface area contributed by atoms with Gasteiger partial charge in [-0.05, 0) is 6.42 Å². The van der Waals surface area contributed by atoms with Gasteiger partial charge < -0.3 is 16.0 Å². The van der Waals surface area contributed by atoms with E-state index in [9.17, 15) is 0 Å². The molecule has 0 aromatic carbocycles. The maximum atomic E-state index is 5.38. The Bertz CT molecular complexity index is 391. The zero-order valence-electron chi connectivity index (χ0n) is 8.20. The number of H-pyrrole nitrogens is 2. The van der Waals surface area contributed by atoms with Gasteiger partial charge in [0, 0.05) is 25.4 Å². The van der Waals surface area contributed by atoms with Crippen molar-refractivity contribution in [3.63, 3.8) is 0 Å². The molecule has 0 bridgehead atoms. The molecule has 0 unspecified atom stereocenters. The van der Waals surface area contributed by atoms with Crippen LogP contribution in [0.5, 0.6) is 0 Å². The van der Waals surface area contributed by atoms with E-state index < -0.39 is 0 Å². The van der Waals surface area contributed by atoms with Crippen LogP contribution in [0, 0.1) is 0 Å². The van der Waals surface area contributed by atoms with Gasteiger partial charge in [-0.25, -0.2) is 10.1 Å². The van der Waals surface area contributed by atoms with Crippen LogP contribution in [0.15, 0.2) is 12.4 Å². The molecule has 0 spiro atoms. The van der Waals surface area contributed by atoms with Crippen molar-refractivity contribution in [3.8, 4) is 0 Å². The Hall–Kier alpha value is -2.05. The largest absolute Gasteiger partial charge is 0.368 e. The summed E-state index contributed by atoms with van der Waals surface area (Å²) < 4.78 is 0. The summed E-state index contributed by atoms with van der Waals surface area (Å²) >= 11 is 0. The van der Waals surface area contributed by atoms with Crippen LogP contribution in [0.2, 0.25) is 0 Å². The second-order valence-corrected chi connectivity index (χ2v) is 3.11. The van der Waals surface area contributed by atoms with Crippen LogP contribution in [0.3, 0.4) is 0 Å². The van der Waals surface area contributed by atoms with Gasteiger partial charge in [0.25, 0.3) is 0 Å². The highest BCUT2D eigenvalue weighted by Gasteiger charge is 1.98. The highest BCUT2D eigenvalue weighted by atomic mass is 15.3. The van der Waals surface area contributed by atoms with Gasteiger partial charge in [0.2, 0.25) is 11.9 Å². The minimum Gasteiger partial charge on any atom is -0.368 e. The molecule has 0 aliphatic carbocycles. The summed E-state index contributed by atoms with van der Waals surface area (Å²) in [6.45, 7) is 0.790. The number of hydrogen-bond acceptors (Lipinski definition) is 5. The number of anilines is 2. The van der Waals surface area contributed by atoms with Gasteiger partial charge in [0.1, 0.15) is 5.82 Å². The van der Waals surface area contributed by atoms with Crippen LogP contribution in [0.1, 0.15) is 12.2 Å². The van der Waals surface area contributed by atoms with Crippen molar-refractivity contribution in [2.45, 2.75) is 12.8 Å². The third kappa shape index (κ3) is 2.70. The zero-order valence-corrected chi connectivity index (χ0v) is 8.20. The van der Waals surface area contributed by atoms with Crippen LogP contribution in [-0.2, 0) is 6.42 Å². The quantitative estimate of drug-likeness (QED) is 0.522. The highest BCUT2D eigenvalue weighted by Crippen LogP contribution is 2.00. The molecule has 0 amide bonds. The van der Waals surface area contributed by atoms with Gasteiger partial charge in [0.05, 0.1) is 0 Å². The van der Waals surface area contributed by atoms with Crippen LogP contribution in [0.25, 0.3) is 0 Å². The third-order valence-corrected chi connectivity index (χ3v) is 1.93. The molecule has 0 aliphatic heterocycles. The molecule has 0 saturated carbocycles. The lowest BCUT2D eigenvalue weighted by molar-refractivity contribution is 0.811. The molecule has 0 aliphatic rings. The second-order valence-electron chi connectivity index (χ2n) is 3.11. The van der Waals surface area contributed by atoms with Crippen molar-refractivity contribution in [3.05, 3.63) is 18.2 Å². The number of imidazole rings is 1. The van der Waals surface area contributed by atoms with Crippen LogP contribution in [-0.4, -0.2) is 31.7 Å². The van der Waals surface area contributed by atoms with Gasteiger partial charge in [-0.1, -0.05) is 0 Å². The first-order valence-corrected chi connectivity index (χ1v) is 4.74. The molecule has 7 nitrogen and oxygen atoms in total. The molecule has 2 rings (SSSR count). The van der Waals surface area contributed by atoms with Crippen LogP contribution >= 0.6 is 0 Å². The van der Waals surface area contributed by atoms with Crippen molar-refractivity contribution in [1.29, 1.82) is 0 Å². The monoisotopic (exact) mass is 207 g/mol. The Kier molecular flexibility index (Phi) is 2.82. The number of rotatable bonds is 5. The summed E-state index contributed by atoms with van der Waals surface area (Å²) in [6.07, 6.45) is 5.43. The number of nitrogen functional groups attached to an aromatic ring is 1. The normalized spacial score (nSPS) is 10.4. The second kappa shape index (κ2) is 4.45. The lowest BCUT2D eigenvalue weighted by atomic mass is 10.3. The number of nitrogens with zero attached hydrogens (tertiary/aromatic N) is 3. The fraction of sp³-hybridized carbons (Fsp3) is 0.375. The summed E-state index contributed by atoms with van der Waals surface area (Å²) in [5.74, 6) is 1.85. The molecule has 5 N–H and O–H groups in total. The Labute approximate surface area is 86.5 Å². The van der Waals surface area contributed by atoms with E-state index >= 15 is 0 Å². The molecule has 2 aromatic rings. The third-order valence-electron chi connectivity index (χ3n) is 1.93. The van der Waals surface area contributed by atoms with E-state index in [1.165, 1.54) is 0 Å². The average Bonchev–Trinajstić information content (AvgIpc) is 2.84.